The zero-order chi connectivity index (χ0) is 13.0. The molecule has 0 rings (SSSR count). The fourth-order valence-electron chi connectivity index (χ4n) is 1.75. The third kappa shape index (κ3) is 7.90. The monoisotopic (exact) mass is 266 g/mol. The van der Waals surface area contributed by atoms with Crippen molar-refractivity contribution in [2.75, 3.05) is 13.7 Å². The first-order valence-corrected chi connectivity index (χ1v) is 6.78. The number of rotatable bonds is 7. The average Bonchev–Trinajstić information content (AvgIpc) is 2.12. The van der Waals surface area contributed by atoms with Crippen LogP contribution in [-0.2, 0) is 20.0 Å². The Labute approximate surface area is 110 Å². The van der Waals surface area contributed by atoms with Crippen LogP contribution < -0.4 is 0 Å². The van der Waals surface area contributed by atoms with Gasteiger partial charge in [-0.1, -0.05) is 21.3 Å². The van der Waals surface area contributed by atoms with E-state index in [0.29, 0.717) is 12.3 Å². The van der Waals surface area contributed by atoms with E-state index in [4.69, 9.17) is 8.92 Å². The fourth-order valence-corrected chi connectivity index (χ4v) is 2.67. The SMILES string of the molecule is C.COS(=O)C(C)(C)CC(C)(C)OCC(C)C. The van der Waals surface area contributed by atoms with Gasteiger partial charge in [0.2, 0.25) is 0 Å². The van der Waals surface area contributed by atoms with Crippen molar-refractivity contribution in [3.8, 4) is 0 Å². The Bertz CT molecular complexity index is 235. The van der Waals surface area contributed by atoms with Crippen LogP contribution in [0.1, 0.15) is 55.4 Å². The highest BCUT2D eigenvalue weighted by Crippen LogP contribution is 2.28. The highest BCUT2D eigenvalue weighted by atomic mass is 32.2. The van der Waals surface area contributed by atoms with Gasteiger partial charge in [-0.15, -0.1) is 0 Å². The molecule has 0 heterocycles. The lowest BCUT2D eigenvalue weighted by Crippen LogP contribution is -2.39. The van der Waals surface area contributed by atoms with E-state index < -0.39 is 15.8 Å². The van der Waals surface area contributed by atoms with Crippen molar-refractivity contribution in [2.45, 2.75) is 65.7 Å². The largest absolute Gasteiger partial charge is 0.375 e. The second-order valence-electron chi connectivity index (χ2n) is 5.80. The van der Waals surface area contributed by atoms with Crippen LogP contribution in [0.15, 0.2) is 0 Å². The van der Waals surface area contributed by atoms with Crippen molar-refractivity contribution in [3.05, 3.63) is 0 Å². The maximum Gasteiger partial charge on any atom is 0.161 e. The van der Waals surface area contributed by atoms with Crippen molar-refractivity contribution >= 4 is 11.1 Å². The minimum Gasteiger partial charge on any atom is -0.375 e. The van der Waals surface area contributed by atoms with Crippen molar-refractivity contribution in [1.29, 1.82) is 0 Å². The normalized spacial score (nSPS) is 14.6. The molecule has 0 spiro atoms. The summed E-state index contributed by atoms with van der Waals surface area (Å²) in [5, 5.41) is 0. The van der Waals surface area contributed by atoms with Gasteiger partial charge >= 0.3 is 0 Å². The molecular formula is C13H30O3S. The van der Waals surface area contributed by atoms with Gasteiger partial charge in [-0.3, -0.25) is 4.18 Å². The molecule has 0 radical (unpaired) electrons. The highest BCUT2D eigenvalue weighted by Gasteiger charge is 2.34. The summed E-state index contributed by atoms with van der Waals surface area (Å²) in [5.74, 6) is 0.510. The lowest BCUT2D eigenvalue weighted by atomic mass is 9.95. The molecule has 0 saturated heterocycles. The van der Waals surface area contributed by atoms with Gasteiger partial charge in [0.05, 0.1) is 17.5 Å². The summed E-state index contributed by atoms with van der Waals surface area (Å²) < 4.78 is 22.0. The molecular weight excluding hydrogens is 236 g/mol. The summed E-state index contributed by atoms with van der Waals surface area (Å²) in [6.45, 7) is 12.9. The summed E-state index contributed by atoms with van der Waals surface area (Å²) in [6, 6.07) is 0. The first kappa shape index (κ1) is 19.4. The quantitative estimate of drug-likeness (QED) is 0.707. The molecule has 0 amide bonds. The molecule has 0 fully saturated rings. The van der Waals surface area contributed by atoms with Crippen molar-refractivity contribution in [3.63, 3.8) is 0 Å². The molecule has 4 heteroatoms. The highest BCUT2D eigenvalue weighted by molar-refractivity contribution is 7.81. The van der Waals surface area contributed by atoms with Crippen LogP contribution in [0.5, 0.6) is 0 Å². The number of ether oxygens (including phenoxy) is 1. The Morgan fingerprint density at radius 3 is 2.00 bits per heavy atom. The molecule has 0 aliphatic heterocycles. The second kappa shape index (κ2) is 7.49. The third-order valence-electron chi connectivity index (χ3n) is 2.26. The Hall–Kier alpha value is 0.0700. The molecule has 1 unspecified atom stereocenters. The maximum absolute atomic E-state index is 11.7. The predicted octanol–water partition coefficient (Wildman–Crippen LogP) is 3.55. The molecule has 0 bridgehead atoms. The number of hydrogen-bond donors (Lipinski definition) is 0. The predicted molar refractivity (Wildman–Crippen MR) is 75.4 cm³/mol. The van der Waals surface area contributed by atoms with Crippen molar-refractivity contribution in [1.82, 2.24) is 0 Å². The Kier molecular flexibility index (Phi) is 8.56. The van der Waals surface area contributed by atoms with Gasteiger partial charge in [0.25, 0.3) is 0 Å². The fraction of sp³-hybridized carbons (Fsp3) is 1.00. The van der Waals surface area contributed by atoms with Crippen LogP contribution in [0.3, 0.4) is 0 Å². The van der Waals surface area contributed by atoms with Gasteiger partial charge in [-0.05, 0) is 40.0 Å². The Morgan fingerprint density at radius 1 is 1.18 bits per heavy atom. The molecule has 3 nitrogen and oxygen atoms in total. The first-order chi connectivity index (χ1) is 7.10. The van der Waals surface area contributed by atoms with E-state index in [1.807, 2.05) is 27.7 Å². The summed E-state index contributed by atoms with van der Waals surface area (Å²) in [4.78, 5) is 0. The number of hydrogen-bond acceptors (Lipinski definition) is 3. The zero-order valence-corrected chi connectivity index (χ0v) is 12.4. The summed E-state index contributed by atoms with van der Waals surface area (Å²) in [6.07, 6.45) is 0.702. The molecule has 0 aliphatic rings. The molecule has 0 aromatic carbocycles. The van der Waals surface area contributed by atoms with Crippen LogP contribution in [0, 0.1) is 5.92 Å². The average molecular weight is 266 g/mol. The van der Waals surface area contributed by atoms with Gasteiger partial charge in [-0.2, -0.15) is 0 Å². The topological polar surface area (TPSA) is 35.5 Å². The van der Waals surface area contributed by atoms with Crippen molar-refractivity contribution in [2.24, 2.45) is 5.92 Å². The maximum atomic E-state index is 11.7. The van der Waals surface area contributed by atoms with Crippen LogP contribution in [-0.4, -0.2) is 28.3 Å². The van der Waals surface area contributed by atoms with Crippen LogP contribution in [0.4, 0.5) is 0 Å². The van der Waals surface area contributed by atoms with Gasteiger partial charge in [0.15, 0.2) is 11.1 Å². The second-order valence-corrected chi connectivity index (χ2v) is 7.71. The molecule has 0 N–H and O–H groups in total. The lowest BCUT2D eigenvalue weighted by molar-refractivity contribution is -0.0410. The molecule has 0 aromatic rings. The Balaban J connectivity index is 0. The van der Waals surface area contributed by atoms with Gasteiger partial charge in [-0.25, -0.2) is 4.21 Å². The van der Waals surface area contributed by atoms with E-state index in [2.05, 4.69) is 13.8 Å². The van der Waals surface area contributed by atoms with Crippen LogP contribution in [0.25, 0.3) is 0 Å². The summed E-state index contributed by atoms with van der Waals surface area (Å²) >= 11 is -1.28. The molecule has 106 valence electrons. The zero-order valence-electron chi connectivity index (χ0n) is 11.6. The van der Waals surface area contributed by atoms with Crippen molar-refractivity contribution < 1.29 is 13.1 Å². The van der Waals surface area contributed by atoms with E-state index in [9.17, 15) is 4.21 Å². The molecule has 0 aromatic heterocycles. The standard InChI is InChI=1S/C12H26O3S.CH4/c1-10(2)8-15-11(3,4)9-12(5,6)16(13)14-7;/h10H,8-9H2,1-7H3;1H4. The molecule has 0 saturated carbocycles. The van der Waals surface area contributed by atoms with E-state index in [1.54, 1.807) is 0 Å². The first-order valence-electron chi connectivity index (χ1n) is 5.71. The molecule has 1 atom stereocenters. The molecule has 0 aliphatic carbocycles. The molecule has 17 heavy (non-hydrogen) atoms. The van der Waals surface area contributed by atoms with E-state index in [-0.39, 0.29) is 13.0 Å². The van der Waals surface area contributed by atoms with Gasteiger partial charge in [0.1, 0.15) is 0 Å². The van der Waals surface area contributed by atoms with Gasteiger partial charge in [0, 0.05) is 6.61 Å². The van der Waals surface area contributed by atoms with Crippen LogP contribution >= 0.6 is 0 Å². The minimum absolute atomic E-state index is 0. The lowest BCUT2D eigenvalue weighted by Gasteiger charge is -2.33. The van der Waals surface area contributed by atoms with E-state index in [0.717, 1.165) is 6.61 Å². The van der Waals surface area contributed by atoms with E-state index >= 15 is 0 Å². The Morgan fingerprint density at radius 2 is 1.65 bits per heavy atom. The smallest absolute Gasteiger partial charge is 0.161 e. The third-order valence-corrected chi connectivity index (χ3v) is 3.61. The summed E-state index contributed by atoms with van der Waals surface area (Å²) in [7, 11) is 1.47. The minimum atomic E-state index is -1.28. The van der Waals surface area contributed by atoms with Gasteiger partial charge < -0.3 is 4.74 Å². The summed E-state index contributed by atoms with van der Waals surface area (Å²) in [5.41, 5.74) is -0.276. The van der Waals surface area contributed by atoms with Crippen LogP contribution in [0.2, 0.25) is 0 Å². The van der Waals surface area contributed by atoms with E-state index in [1.165, 1.54) is 7.11 Å².